The number of para-hydroxylation sites is 1. The van der Waals surface area contributed by atoms with E-state index in [1.165, 1.54) is 5.56 Å². The van der Waals surface area contributed by atoms with Gasteiger partial charge in [0.2, 0.25) is 5.91 Å². The Bertz CT molecular complexity index is 1570. The second-order valence-electron chi connectivity index (χ2n) is 12.3. The van der Waals surface area contributed by atoms with Gasteiger partial charge in [-0.25, -0.2) is 9.48 Å². The molecule has 1 aliphatic rings. The van der Waals surface area contributed by atoms with Crippen LogP contribution in [0.2, 0.25) is 0 Å². The molecule has 4 aromatic rings. The second-order valence-corrected chi connectivity index (χ2v) is 12.3. The number of rotatable bonds is 8. The van der Waals surface area contributed by atoms with Gasteiger partial charge >= 0.3 is 6.03 Å². The van der Waals surface area contributed by atoms with Crippen molar-refractivity contribution >= 4 is 29.1 Å². The monoisotopic (exact) mass is 578 g/mol. The highest BCUT2D eigenvalue weighted by Gasteiger charge is 2.26. The zero-order valence-corrected chi connectivity index (χ0v) is 25.9. The van der Waals surface area contributed by atoms with E-state index in [4.69, 9.17) is 5.10 Å². The lowest BCUT2D eigenvalue weighted by atomic mass is 9.92. The van der Waals surface area contributed by atoms with E-state index in [1.54, 1.807) is 4.68 Å². The maximum absolute atomic E-state index is 13.0. The molecule has 0 bridgehead atoms. The molecule has 2 N–H and O–H groups in total. The van der Waals surface area contributed by atoms with E-state index in [2.05, 4.69) is 55.4 Å². The van der Waals surface area contributed by atoms with Crippen LogP contribution in [0, 0.1) is 6.92 Å². The van der Waals surface area contributed by atoms with Crippen LogP contribution >= 0.6 is 0 Å². The fraction of sp³-hybridized carbons (Fsp3) is 0.343. The number of nitrogens with one attached hydrogen (secondary N) is 2. The first kappa shape index (κ1) is 30.0. The quantitative estimate of drug-likeness (QED) is 0.230. The van der Waals surface area contributed by atoms with Gasteiger partial charge in [0, 0.05) is 42.4 Å². The summed E-state index contributed by atoms with van der Waals surface area (Å²) in [6, 6.07) is 25.7. The molecule has 1 fully saturated rings. The van der Waals surface area contributed by atoms with Gasteiger partial charge < -0.3 is 5.32 Å². The Balaban J connectivity index is 1.23. The molecule has 1 aliphatic heterocycles. The molecule has 0 unspecified atom stereocenters. The summed E-state index contributed by atoms with van der Waals surface area (Å²) in [5, 5.41) is 10.7. The van der Waals surface area contributed by atoms with Crippen LogP contribution in [0.15, 0.2) is 78.9 Å². The smallest absolute Gasteiger partial charge is 0.308 e. The van der Waals surface area contributed by atoms with Crippen molar-refractivity contribution in [2.45, 2.75) is 65.8 Å². The molecule has 2 heterocycles. The lowest BCUT2D eigenvalue weighted by Crippen LogP contribution is -2.48. The molecule has 8 heteroatoms. The molecule has 1 saturated heterocycles. The average Bonchev–Trinajstić information content (AvgIpc) is 3.40. The lowest BCUT2D eigenvalue weighted by Gasteiger charge is -2.36. The summed E-state index contributed by atoms with van der Waals surface area (Å²) in [6.07, 6.45) is 2.49. The maximum atomic E-state index is 13.0. The third-order valence-corrected chi connectivity index (χ3v) is 7.70. The number of carbonyl (C=O) groups is 2. The predicted molar refractivity (Wildman–Crippen MR) is 174 cm³/mol. The number of aryl methyl sites for hydroxylation is 2. The molecule has 0 radical (unpaired) electrons. The Labute approximate surface area is 254 Å². The van der Waals surface area contributed by atoms with Gasteiger partial charge in [0.1, 0.15) is 5.82 Å². The van der Waals surface area contributed by atoms with Crippen LogP contribution in [0.1, 0.15) is 62.9 Å². The number of anilines is 3. The fourth-order valence-corrected chi connectivity index (χ4v) is 5.28. The number of aromatic nitrogens is 2. The number of nitrogens with zero attached hydrogens (tertiary/aromatic N) is 4. The Morgan fingerprint density at radius 1 is 0.953 bits per heavy atom. The van der Waals surface area contributed by atoms with Crippen LogP contribution in [0.4, 0.5) is 22.0 Å². The van der Waals surface area contributed by atoms with Crippen molar-refractivity contribution < 1.29 is 9.59 Å². The van der Waals surface area contributed by atoms with Crippen LogP contribution in [0.25, 0.3) is 5.69 Å². The summed E-state index contributed by atoms with van der Waals surface area (Å²) in [6.45, 7) is 12.5. The molecule has 43 heavy (non-hydrogen) atoms. The van der Waals surface area contributed by atoms with Gasteiger partial charge in [-0.15, -0.1) is 0 Å². The molecule has 1 aromatic heterocycles. The normalized spacial score (nSPS) is 14.2. The van der Waals surface area contributed by atoms with E-state index in [0.29, 0.717) is 24.6 Å². The predicted octanol–water partition coefficient (Wildman–Crippen LogP) is 7.27. The molecule has 224 valence electrons. The first-order valence-electron chi connectivity index (χ1n) is 15.1. The highest BCUT2D eigenvalue weighted by atomic mass is 16.2. The fourth-order valence-electron chi connectivity index (χ4n) is 5.28. The van der Waals surface area contributed by atoms with Crippen molar-refractivity contribution in [2.24, 2.45) is 0 Å². The van der Waals surface area contributed by atoms with Gasteiger partial charge in [-0.05, 0) is 54.8 Å². The average molecular weight is 579 g/mol. The Morgan fingerprint density at radius 3 is 2.37 bits per heavy atom. The number of benzene rings is 3. The molecule has 0 spiro atoms. The zero-order valence-electron chi connectivity index (χ0n) is 25.9. The summed E-state index contributed by atoms with van der Waals surface area (Å²) in [5.41, 5.74) is 6.81. The topological polar surface area (TPSA) is 82.5 Å². The van der Waals surface area contributed by atoms with Crippen LogP contribution in [0.5, 0.6) is 0 Å². The summed E-state index contributed by atoms with van der Waals surface area (Å²) in [5.74, 6) is 0.774. The van der Waals surface area contributed by atoms with Crippen LogP contribution in [-0.4, -0.2) is 39.8 Å². The molecule has 3 aromatic carbocycles. The van der Waals surface area contributed by atoms with E-state index in [0.717, 1.165) is 54.1 Å². The Morgan fingerprint density at radius 2 is 1.67 bits per heavy atom. The van der Waals surface area contributed by atoms with Crippen LogP contribution in [-0.2, 0) is 23.2 Å². The number of hydrogen-bond acceptors (Lipinski definition) is 4. The van der Waals surface area contributed by atoms with Gasteiger partial charge in [-0.1, -0.05) is 82.1 Å². The number of urea groups is 1. The van der Waals surface area contributed by atoms with Crippen molar-refractivity contribution in [3.05, 3.63) is 101 Å². The molecular formula is C35H42N6O2. The molecule has 3 amide bonds. The van der Waals surface area contributed by atoms with Crippen molar-refractivity contribution in [3.8, 4) is 5.69 Å². The van der Waals surface area contributed by atoms with Crippen LogP contribution < -0.4 is 15.5 Å². The Kier molecular flexibility index (Phi) is 8.97. The molecular weight excluding hydrogens is 536 g/mol. The first-order chi connectivity index (χ1) is 20.6. The summed E-state index contributed by atoms with van der Waals surface area (Å²) < 4.78 is 1.77. The Hall–Kier alpha value is -4.43. The molecule has 8 nitrogen and oxygen atoms in total. The van der Waals surface area contributed by atoms with E-state index in [-0.39, 0.29) is 17.4 Å². The first-order valence-corrected chi connectivity index (χ1v) is 15.1. The molecule has 0 saturated carbocycles. The third kappa shape index (κ3) is 7.32. The zero-order chi connectivity index (χ0) is 30.6. The van der Waals surface area contributed by atoms with Gasteiger partial charge in [-0.3, -0.25) is 19.9 Å². The van der Waals surface area contributed by atoms with E-state index in [9.17, 15) is 9.59 Å². The number of hydrogen-bond donors (Lipinski definition) is 2. The van der Waals surface area contributed by atoms with E-state index in [1.807, 2.05) is 78.6 Å². The standard InChI is InChI=1S/C35H42N6O2/c1-6-9-27-10-7-8-11-30(27)40-24-39(21-20-33(40)42)23-26-14-16-28(17-15-26)36-34(43)37-32-22-31(35(3,4)5)38-41(32)29-18-12-25(2)13-19-29/h7-8,10-19,22H,6,9,20-21,23-24H2,1-5H3,(H2,36,37,43). The van der Waals surface area contributed by atoms with Crippen molar-refractivity contribution in [2.75, 3.05) is 28.7 Å². The highest BCUT2D eigenvalue weighted by Crippen LogP contribution is 2.28. The third-order valence-electron chi connectivity index (χ3n) is 7.70. The van der Waals surface area contributed by atoms with Gasteiger partial charge in [-0.2, -0.15) is 5.10 Å². The summed E-state index contributed by atoms with van der Waals surface area (Å²) in [7, 11) is 0. The highest BCUT2D eigenvalue weighted by molar-refractivity contribution is 5.99. The van der Waals surface area contributed by atoms with Crippen molar-refractivity contribution in [1.29, 1.82) is 0 Å². The minimum atomic E-state index is -0.336. The number of carbonyl (C=O) groups excluding carboxylic acids is 2. The molecule has 5 rings (SSSR count). The van der Waals surface area contributed by atoms with Gasteiger partial charge in [0.05, 0.1) is 18.1 Å². The lowest BCUT2D eigenvalue weighted by molar-refractivity contribution is -0.121. The summed E-state index contributed by atoms with van der Waals surface area (Å²) in [4.78, 5) is 30.1. The minimum Gasteiger partial charge on any atom is -0.308 e. The number of amides is 3. The molecule has 0 aliphatic carbocycles. The van der Waals surface area contributed by atoms with Crippen LogP contribution in [0.3, 0.4) is 0 Å². The van der Waals surface area contributed by atoms with E-state index >= 15 is 0 Å². The summed E-state index contributed by atoms with van der Waals surface area (Å²) >= 11 is 0. The maximum Gasteiger partial charge on any atom is 0.324 e. The van der Waals surface area contributed by atoms with E-state index < -0.39 is 0 Å². The molecule has 0 atom stereocenters. The van der Waals surface area contributed by atoms with Crippen molar-refractivity contribution in [1.82, 2.24) is 14.7 Å². The minimum absolute atomic E-state index is 0.170. The van der Waals surface area contributed by atoms with Gasteiger partial charge in [0.25, 0.3) is 0 Å². The van der Waals surface area contributed by atoms with Crippen molar-refractivity contribution in [3.63, 3.8) is 0 Å². The second kappa shape index (κ2) is 12.8. The SMILES string of the molecule is CCCc1ccccc1N1CN(Cc2ccc(NC(=O)Nc3cc(C(C)(C)C)nn3-c3ccc(C)cc3)cc2)CCC1=O. The largest absolute Gasteiger partial charge is 0.324 e. The van der Waals surface area contributed by atoms with Gasteiger partial charge in [0.15, 0.2) is 0 Å².